The molecule has 0 radical (unpaired) electrons. The van der Waals surface area contributed by atoms with Crippen molar-refractivity contribution in [3.63, 3.8) is 0 Å². The summed E-state index contributed by atoms with van der Waals surface area (Å²) in [5.74, 6) is 0.728. The fourth-order valence-electron chi connectivity index (χ4n) is 6.27. The number of rotatable bonds is 4. The van der Waals surface area contributed by atoms with E-state index in [2.05, 4.69) is 29.6 Å². The van der Waals surface area contributed by atoms with Crippen LogP contribution >= 0.6 is 11.6 Å². The third-order valence-corrected chi connectivity index (χ3v) is 8.27. The van der Waals surface area contributed by atoms with Crippen LogP contribution in [0.1, 0.15) is 56.1 Å². The minimum absolute atomic E-state index is 0.149. The third kappa shape index (κ3) is 3.06. The first-order valence-corrected chi connectivity index (χ1v) is 11.3. The van der Waals surface area contributed by atoms with Gasteiger partial charge in [-0.25, -0.2) is 4.79 Å². The van der Waals surface area contributed by atoms with Crippen LogP contribution in [0.2, 0.25) is 5.02 Å². The molecule has 1 atom stereocenters. The molecule has 4 heteroatoms. The molecule has 0 bridgehead atoms. The van der Waals surface area contributed by atoms with Crippen molar-refractivity contribution in [1.29, 1.82) is 0 Å². The Hall–Kier alpha value is -2.00. The number of nitrogens with one attached hydrogen (secondary N) is 1. The predicted molar refractivity (Wildman–Crippen MR) is 117 cm³/mol. The zero-order valence-corrected chi connectivity index (χ0v) is 17.4. The van der Waals surface area contributed by atoms with Crippen molar-refractivity contribution in [2.75, 3.05) is 5.32 Å². The van der Waals surface area contributed by atoms with Crippen LogP contribution in [0.5, 0.6) is 0 Å². The quantitative estimate of drug-likeness (QED) is 0.645. The number of hydrogen-bond donors (Lipinski definition) is 2. The van der Waals surface area contributed by atoms with Crippen molar-refractivity contribution in [2.45, 2.75) is 62.3 Å². The van der Waals surface area contributed by atoms with Gasteiger partial charge >= 0.3 is 5.97 Å². The molecule has 29 heavy (non-hydrogen) atoms. The Morgan fingerprint density at radius 2 is 1.79 bits per heavy atom. The summed E-state index contributed by atoms with van der Waals surface area (Å²) in [7, 11) is 0. The molecule has 0 unspecified atom stereocenters. The van der Waals surface area contributed by atoms with Crippen LogP contribution in [0.3, 0.4) is 0 Å². The van der Waals surface area contributed by atoms with Gasteiger partial charge in [0.2, 0.25) is 0 Å². The number of anilines is 1. The number of fused-ring (bicyclic) bond motifs is 2. The fourth-order valence-corrected chi connectivity index (χ4v) is 6.46. The zero-order chi connectivity index (χ0) is 20.1. The van der Waals surface area contributed by atoms with Crippen LogP contribution in [0.15, 0.2) is 48.5 Å². The standard InChI is InChI=1S/C25H28ClNO2/c26-19-8-4-9-20(16-19)27-25(23(28)29)13-11-24(12-14-25)21-10-2-1-5-18(21)15-22(24)17-6-3-7-17/h1-2,4-5,8-10,16-17,22,27H,3,6-7,11-15H2,(H,28,29)/t22-,24?,25?/m0/s1. The van der Waals surface area contributed by atoms with E-state index in [1.54, 1.807) is 0 Å². The van der Waals surface area contributed by atoms with Crippen molar-refractivity contribution in [1.82, 2.24) is 0 Å². The molecule has 5 rings (SSSR count). The molecule has 0 aromatic heterocycles. The molecule has 0 saturated heterocycles. The Balaban J connectivity index is 1.45. The first-order valence-electron chi connectivity index (χ1n) is 10.9. The summed E-state index contributed by atoms with van der Waals surface area (Å²) in [4.78, 5) is 12.4. The maximum Gasteiger partial charge on any atom is 0.329 e. The first kappa shape index (κ1) is 19.0. The minimum atomic E-state index is -0.919. The van der Waals surface area contributed by atoms with Crippen molar-refractivity contribution in [3.05, 3.63) is 64.7 Å². The second-order valence-corrected chi connectivity index (χ2v) is 9.77. The van der Waals surface area contributed by atoms with Gasteiger partial charge in [0.1, 0.15) is 5.54 Å². The maximum absolute atomic E-state index is 12.4. The van der Waals surface area contributed by atoms with Gasteiger partial charge < -0.3 is 10.4 Å². The summed E-state index contributed by atoms with van der Waals surface area (Å²) in [6.07, 6.45) is 8.36. The Morgan fingerprint density at radius 1 is 1.03 bits per heavy atom. The third-order valence-electron chi connectivity index (χ3n) is 8.04. The molecule has 2 fully saturated rings. The highest BCUT2D eigenvalue weighted by atomic mass is 35.5. The molecule has 0 amide bonds. The highest BCUT2D eigenvalue weighted by molar-refractivity contribution is 6.30. The average Bonchev–Trinajstić information content (AvgIpc) is 2.96. The van der Waals surface area contributed by atoms with Crippen LogP contribution in [-0.4, -0.2) is 16.6 Å². The van der Waals surface area contributed by atoms with Gasteiger partial charge in [0.15, 0.2) is 0 Å². The lowest BCUT2D eigenvalue weighted by Gasteiger charge is -2.50. The second-order valence-electron chi connectivity index (χ2n) is 9.34. The summed E-state index contributed by atoms with van der Waals surface area (Å²) in [5.41, 5.74) is 3.01. The molecule has 2 saturated carbocycles. The summed E-state index contributed by atoms with van der Waals surface area (Å²) in [5, 5.41) is 14.2. The molecule has 2 aromatic carbocycles. The zero-order valence-electron chi connectivity index (χ0n) is 16.7. The number of carbonyl (C=O) groups is 1. The Kier molecular flexibility index (Phi) is 4.62. The van der Waals surface area contributed by atoms with Gasteiger partial charge in [-0.2, -0.15) is 0 Å². The SMILES string of the molecule is O=C(O)C1(Nc2cccc(Cl)c2)CCC2(CC1)c1ccccc1C[C@H]2C1CCC1. The summed E-state index contributed by atoms with van der Waals surface area (Å²) in [6, 6.07) is 16.3. The van der Waals surface area contributed by atoms with E-state index in [1.807, 2.05) is 24.3 Å². The van der Waals surface area contributed by atoms with E-state index in [9.17, 15) is 9.90 Å². The van der Waals surface area contributed by atoms with E-state index in [0.717, 1.165) is 24.4 Å². The minimum Gasteiger partial charge on any atom is -0.480 e. The number of aliphatic carboxylic acids is 1. The van der Waals surface area contributed by atoms with E-state index in [-0.39, 0.29) is 5.41 Å². The fraction of sp³-hybridized carbons (Fsp3) is 0.480. The van der Waals surface area contributed by atoms with Gasteiger partial charge in [0.25, 0.3) is 0 Å². The predicted octanol–water partition coefficient (Wildman–Crippen LogP) is 6.06. The lowest BCUT2D eigenvalue weighted by molar-refractivity contribution is -0.144. The van der Waals surface area contributed by atoms with Gasteiger partial charge in [-0.15, -0.1) is 0 Å². The van der Waals surface area contributed by atoms with Gasteiger partial charge in [0.05, 0.1) is 0 Å². The number of carboxylic acid groups (broad SMARTS) is 1. The normalized spacial score (nSPS) is 31.3. The Bertz CT molecular complexity index is 928. The molecule has 1 spiro atoms. The smallest absolute Gasteiger partial charge is 0.329 e. The molecular weight excluding hydrogens is 382 g/mol. The Labute approximate surface area is 177 Å². The number of hydrogen-bond acceptors (Lipinski definition) is 2. The molecule has 152 valence electrons. The van der Waals surface area contributed by atoms with Gasteiger partial charge in [-0.05, 0) is 78.7 Å². The molecule has 0 heterocycles. The molecule has 3 aliphatic rings. The van der Waals surface area contributed by atoms with Crippen molar-refractivity contribution < 1.29 is 9.90 Å². The van der Waals surface area contributed by atoms with E-state index in [4.69, 9.17) is 11.6 Å². The van der Waals surface area contributed by atoms with Crippen LogP contribution in [0, 0.1) is 11.8 Å². The van der Waals surface area contributed by atoms with Gasteiger partial charge in [0, 0.05) is 10.7 Å². The highest BCUT2D eigenvalue weighted by Crippen LogP contribution is 2.59. The van der Waals surface area contributed by atoms with E-state index in [1.165, 1.54) is 36.8 Å². The summed E-state index contributed by atoms with van der Waals surface area (Å²) in [6.45, 7) is 0. The van der Waals surface area contributed by atoms with E-state index < -0.39 is 11.5 Å². The number of carboxylic acids is 1. The van der Waals surface area contributed by atoms with Crippen molar-refractivity contribution in [3.8, 4) is 0 Å². The first-order chi connectivity index (χ1) is 14.0. The molecule has 0 aliphatic heterocycles. The van der Waals surface area contributed by atoms with Crippen molar-refractivity contribution in [2.24, 2.45) is 11.8 Å². The van der Waals surface area contributed by atoms with Crippen molar-refractivity contribution >= 4 is 23.3 Å². The maximum atomic E-state index is 12.4. The monoisotopic (exact) mass is 409 g/mol. The van der Waals surface area contributed by atoms with Crippen LogP contribution in [0.25, 0.3) is 0 Å². The molecule has 3 aliphatic carbocycles. The largest absolute Gasteiger partial charge is 0.480 e. The van der Waals surface area contributed by atoms with Gasteiger partial charge in [-0.3, -0.25) is 0 Å². The average molecular weight is 410 g/mol. The van der Waals surface area contributed by atoms with E-state index in [0.29, 0.717) is 23.8 Å². The molecule has 2 aromatic rings. The van der Waals surface area contributed by atoms with Crippen LogP contribution in [0.4, 0.5) is 5.69 Å². The van der Waals surface area contributed by atoms with E-state index >= 15 is 0 Å². The molecule has 3 nitrogen and oxygen atoms in total. The highest BCUT2D eigenvalue weighted by Gasteiger charge is 2.55. The molecule has 2 N–H and O–H groups in total. The number of halogens is 1. The lowest BCUT2D eigenvalue weighted by atomic mass is 9.56. The summed E-state index contributed by atoms with van der Waals surface area (Å²) >= 11 is 6.13. The topological polar surface area (TPSA) is 49.3 Å². The molecular formula is C25H28ClNO2. The number of benzene rings is 2. The Morgan fingerprint density at radius 3 is 2.45 bits per heavy atom. The van der Waals surface area contributed by atoms with Crippen LogP contribution < -0.4 is 5.32 Å². The van der Waals surface area contributed by atoms with Crippen LogP contribution in [-0.2, 0) is 16.6 Å². The van der Waals surface area contributed by atoms with Gasteiger partial charge in [-0.1, -0.05) is 61.2 Å². The lowest BCUT2D eigenvalue weighted by Crippen LogP contribution is -2.54. The second kappa shape index (κ2) is 7.05. The summed E-state index contributed by atoms with van der Waals surface area (Å²) < 4.78 is 0.